The van der Waals surface area contributed by atoms with E-state index in [4.69, 9.17) is 11.6 Å². The maximum Gasteiger partial charge on any atom is 0.260 e. The maximum absolute atomic E-state index is 13.6. The minimum absolute atomic E-state index is 0.00159. The van der Waals surface area contributed by atoms with Gasteiger partial charge in [0.25, 0.3) is 5.91 Å². The molecular weight excluding hydrogens is 426 g/mol. The predicted octanol–water partition coefficient (Wildman–Crippen LogP) is 5.55. The van der Waals surface area contributed by atoms with Crippen molar-refractivity contribution >= 4 is 45.1 Å². The van der Waals surface area contributed by atoms with Gasteiger partial charge in [-0.2, -0.15) is 0 Å². The summed E-state index contributed by atoms with van der Waals surface area (Å²) in [6.07, 6.45) is 2.39. The highest BCUT2D eigenvalue weighted by molar-refractivity contribution is 9.10. The van der Waals surface area contributed by atoms with Crippen molar-refractivity contribution in [2.24, 2.45) is 0 Å². The molecule has 138 valence electrons. The number of imidazole rings is 1. The lowest BCUT2D eigenvalue weighted by atomic mass is 9.91. The Bertz CT molecular complexity index is 1020. The van der Waals surface area contributed by atoms with Crippen molar-refractivity contribution in [3.05, 3.63) is 75.0 Å². The Balaban J connectivity index is 1.83. The molecule has 0 saturated carbocycles. The number of hydrogen-bond donors (Lipinski definition) is 0. The summed E-state index contributed by atoms with van der Waals surface area (Å²) in [5, 5.41) is 0.606. The van der Waals surface area contributed by atoms with Gasteiger partial charge in [0.1, 0.15) is 5.54 Å². The SMILES string of the molecule is Cc1cc(Cl)cc(N2C(=O)[C@@](C)(Cc3ccc(Br)cc3)n3c(C)cnc32)c1. The molecule has 1 aromatic heterocycles. The van der Waals surface area contributed by atoms with E-state index in [9.17, 15) is 4.79 Å². The molecule has 0 aliphatic carbocycles. The Labute approximate surface area is 171 Å². The number of amides is 1. The monoisotopic (exact) mass is 443 g/mol. The Morgan fingerprint density at radius 3 is 2.52 bits per heavy atom. The lowest BCUT2D eigenvalue weighted by Crippen LogP contribution is -2.41. The van der Waals surface area contributed by atoms with E-state index in [2.05, 4.69) is 20.9 Å². The summed E-state index contributed by atoms with van der Waals surface area (Å²) in [4.78, 5) is 19.8. The van der Waals surface area contributed by atoms with Crippen LogP contribution in [-0.2, 0) is 16.8 Å². The number of benzene rings is 2. The Hall–Kier alpha value is -2.11. The van der Waals surface area contributed by atoms with Crippen LogP contribution < -0.4 is 4.90 Å². The van der Waals surface area contributed by atoms with Gasteiger partial charge in [0.15, 0.2) is 0 Å². The highest BCUT2D eigenvalue weighted by atomic mass is 79.9. The van der Waals surface area contributed by atoms with Gasteiger partial charge in [0.05, 0.1) is 11.9 Å². The van der Waals surface area contributed by atoms with Crippen LogP contribution in [0.15, 0.2) is 53.1 Å². The van der Waals surface area contributed by atoms with Gasteiger partial charge in [-0.05, 0) is 62.2 Å². The highest BCUT2D eigenvalue weighted by Crippen LogP contribution is 2.42. The number of aromatic nitrogens is 2. The molecule has 6 heteroatoms. The number of carbonyl (C=O) groups is 1. The Morgan fingerprint density at radius 2 is 1.85 bits per heavy atom. The summed E-state index contributed by atoms with van der Waals surface area (Å²) in [7, 11) is 0. The number of aryl methyl sites for hydroxylation is 2. The van der Waals surface area contributed by atoms with Crippen LogP contribution in [0.4, 0.5) is 11.6 Å². The van der Waals surface area contributed by atoms with Gasteiger partial charge in [0, 0.05) is 21.6 Å². The van der Waals surface area contributed by atoms with E-state index >= 15 is 0 Å². The number of hydrogen-bond acceptors (Lipinski definition) is 2. The van der Waals surface area contributed by atoms with E-state index in [1.54, 1.807) is 4.90 Å². The van der Waals surface area contributed by atoms with E-state index < -0.39 is 5.54 Å². The average molecular weight is 445 g/mol. The lowest BCUT2D eigenvalue weighted by Gasteiger charge is -2.26. The first-order chi connectivity index (χ1) is 12.8. The van der Waals surface area contributed by atoms with Gasteiger partial charge in [0.2, 0.25) is 5.95 Å². The molecule has 0 saturated heterocycles. The molecule has 0 unspecified atom stereocenters. The number of halogens is 2. The van der Waals surface area contributed by atoms with Crippen molar-refractivity contribution < 1.29 is 4.79 Å². The van der Waals surface area contributed by atoms with E-state index in [1.807, 2.05) is 74.0 Å². The average Bonchev–Trinajstić information content (AvgIpc) is 3.07. The van der Waals surface area contributed by atoms with Crippen molar-refractivity contribution in [3.8, 4) is 0 Å². The smallest absolute Gasteiger partial charge is 0.260 e. The molecule has 0 radical (unpaired) electrons. The van der Waals surface area contributed by atoms with Crippen LogP contribution in [0.2, 0.25) is 5.02 Å². The highest BCUT2D eigenvalue weighted by Gasteiger charge is 2.49. The third kappa shape index (κ3) is 2.99. The third-order valence-corrected chi connectivity index (χ3v) is 5.77. The van der Waals surface area contributed by atoms with E-state index in [0.29, 0.717) is 17.4 Å². The molecular formula is C21H19BrClN3O. The molecule has 0 N–H and O–H groups in total. The van der Waals surface area contributed by atoms with E-state index in [1.165, 1.54) is 0 Å². The summed E-state index contributed by atoms with van der Waals surface area (Å²) in [6.45, 7) is 5.93. The molecule has 0 spiro atoms. The summed E-state index contributed by atoms with van der Waals surface area (Å²) >= 11 is 9.72. The van der Waals surface area contributed by atoms with Crippen LogP contribution in [-0.4, -0.2) is 15.5 Å². The molecule has 1 atom stereocenters. The second-order valence-electron chi connectivity index (χ2n) is 7.24. The van der Waals surface area contributed by atoms with Gasteiger partial charge in [-0.3, -0.25) is 9.36 Å². The topological polar surface area (TPSA) is 38.1 Å². The van der Waals surface area contributed by atoms with Crippen LogP contribution in [0.3, 0.4) is 0 Å². The van der Waals surface area contributed by atoms with Gasteiger partial charge in [-0.25, -0.2) is 9.88 Å². The molecule has 3 aromatic rings. The molecule has 1 amide bonds. The second kappa shape index (κ2) is 6.50. The van der Waals surface area contributed by atoms with Gasteiger partial charge < -0.3 is 0 Å². The molecule has 0 fully saturated rings. The van der Waals surface area contributed by atoms with E-state index in [0.717, 1.165) is 27.0 Å². The van der Waals surface area contributed by atoms with Crippen LogP contribution in [0.25, 0.3) is 0 Å². The van der Waals surface area contributed by atoms with Gasteiger partial charge in [-0.15, -0.1) is 0 Å². The van der Waals surface area contributed by atoms with Crippen molar-refractivity contribution in [1.29, 1.82) is 0 Å². The number of rotatable bonds is 3. The van der Waals surface area contributed by atoms with Crippen molar-refractivity contribution in [3.63, 3.8) is 0 Å². The van der Waals surface area contributed by atoms with Crippen LogP contribution in [0.1, 0.15) is 23.7 Å². The predicted molar refractivity (Wildman–Crippen MR) is 112 cm³/mol. The van der Waals surface area contributed by atoms with Gasteiger partial charge in [-0.1, -0.05) is 39.7 Å². The minimum atomic E-state index is -0.750. The number of nitrogens with zero attached hydrogens (tertiary/aromatic N) is 3. The number of fused-ring (bicyclic) bond motifs is 1. The second-order valence-corrected chi connectivity index (χ2v) is 8.59. The Kier molecular flexibility index (Phi) is 4.40. The standard InChI is InChI=1S/C21H19BrClN3O/c1-13-8-17(23)10-18(9-13)25-19(27)21(3,26-14(2)12-24-20(25)26)11-15-4-6-16(22)7-5-15/h4-10,12H,11H2,1-3H3/t21-/m1/s1. The summed E-state index contributed by atoms with van der Waals surface area (Å²) in [5.41, 5.74) is 3.05. The van der Waals surface area contributed by atoms with Crippen molar-refractivity contribution in [2.75, 3.05) is 4.90 Å². The van der Waals surface area contributed by atoms with Crippen LogP contribution in [0.5, 0.6) is 0 Å². The quantitative estimate of drug-likeness (QED) is 0.531. The first-order valence-corrected chi connectivity index (χ1v) is 9.88. The summed E-state index contributed by atoms with van der Waals surface area (Å²) in [5.74, 6) is 0.636. The zero-order valence-corrected chi connectivity index (χ0v) is 17.7. The third-order valence-electron chi connectivity index (χ3n) is 5.02. The first kappa shape index (κ1) is 18.3. The zero-order chi connectivity index (χ0) is 19.3. The van der Waals surface area contributed by atoms with Crippen LogP contribution in [0, 0.1) is 13.8 Å². The maximum atomic E-state index is 13.6. The summed E-state index contributed by atoms with van der Waals surface area (Å²) < 4.78 is 3.05. The fourth-order valence-corrected chi connectivity index (χ4v) is 4.40. The van der Waals surface area contributed by atoms with Gasteiger partial charge >= 0.3 is 0 Å². The van der Waals surface area contributed by atoms with Crippen LogP contribution >= 0.6 is 27.5 Å². The summed E-state index contributed by atoms with van der Waals surface area (Å²) in [6, 6.07) is 13.7. The minimum Gasteiger partial charge on any atom is -0.299 e. The first-order valence-electron chi connectivity index (χ1n) is 8.70. The lowest BCUT2D eigenvalue weighted by molar-refractivity contribution is -0.123. The van der Waals surface area contributed by atoms with E-state index in [-0.39, 0.29) is 5.91 Å². The number of anilines is 2. The molecule has 4 nitrogen and oxygen atoms in total. The molecule has 2 aromatic carbocycles. The number of carbonyl (C=O) groups excluding carboxylic acids is 1. The van der Waals surface area contributed by atoms with Crippen molar-refractivity contribution in [2.45, 2.75) is 32.7 Å². The fraction of sp³-hybridized carbons (Fsp3) is 0.238. The van der Waals surface area contributed by atoms with Crippen molar-refractivity contribution in [1.82, 2.24) is 9.55 Å². The molecule has 27 heavy (non-hydrogen) atoms. The zero-order valence-electron chi connectivity index (χ0n) is 15.3. The molecule has 0 bridgehead atoms. The Morgan fingerprint density at radius 1 is 1.15 bits per heavy atom. The largest absolute Gasteiger partial charge is 0.299 e. The molecule has 4 rings (SSSR count). The fourth-order valence-electron chi connectivity index (χ4n) is 3.85. The normalized spacial score (nSPS) is 18.9. The molecule has 1 aliphatic heterocycles. The molecule has 2 heterocycles. The molecule has 1 aliphatic rings.